The maximum absolute atomic E-state index is 12.0. The minimum absolute atomic E-state index is 0.0552. The predicted octanol–water partition coefficient (Wildman–Crippen LogP) is 1.37. The Kier molecular flexibility index (Phi) is 4.36. The van der Waals surface area contributed by atoms with Crippen molar-refractivity contribution in [1.82, 2.24) is 9.55 Å². The largest absolute Gasteiger partial charge is 0.391 e. The maximum atomic E-state index is 12.0. The molecule has 2 rings (SSSR count). The Hall–Kier alpha value is -1.36. The Labute approximate surface area is 107 Å². The van der Waals surface area contributed by atoms with Crippen LogP contribution in [0.15, 0.2) is 17.2 Å². The molecule has 1 fully saturated rings. The van der Waals surface area contributed by atoms with Crippen LogP contribution in [-0.4, -0.2) is 26.8 Å². The molecule has 0 amide bonds. The molecule has 0 aliphatic heterocycles. The first kappa shape index (κ1) is 13.1. The van der Waals surface area contributed by atoms with Crippen molar-refractivity contribution in [1.29, 1.82) is 0 Å². The van der Waals surface area contributed by atoms with Gasteiger partial charge in [0.1, 0.15) is 0 Å². The Bertz CT molecular complexity index is 444. The van der Waals surface area contributed by atoms with E-state index in [1.807, 2.05) is 6.92 Å². The summed E-state index contributed by atoms with van der Waals surface area (Å²) in [5.41, 5.74) is -0.114. The first-order valence-corrected chi connectivity index (χ1v) is 6.72. The molecule has 1 aromatic rings. The summed E-state index contributed by atoms with van der Waals surface area (Å²) < 4.78 is 1.61. The average Bonchev–Trinajstić information content (AvgIpc) is 2.57. The first-order valence-electron chi connectivity index (χ1n) is 6.72. The number of aryl methyl sites for hydroxylation is 1. The standard InChI is InChI=1S/C13H21N3O2/c1-2-16-9-8-14-12(13(16)18)15-10-6-4-3-5-7-11(10)17/h8-11,17H,2-7H2,1H3,(H,14,15). The van der Waals surface area contributed by atoms with Crippen LogP contribution in [0.5, 0.6) is 0 Å². The Morgan fingerprint density at radius 3 is 3.00 bits per heavy atom. The maximum Gasteiger partial charge on any atom is 0.293 e. The van der Waals surface area contributed by atoms with Crippen molar-refractivity contribution in [3.05, 3.63) is 22.7 Å². The highest BCUT2D eigenvalue weighted by Crippen LogP contribution is 2.19. The van der Waals surface area contributed by atoms with Crippen LogP contribution in [0.3, 0.4) is 0 Å². The van der Waals surface area contributed by atoms with E-state index in [0.29, 0.717) is 12.4 Å². The lowest BCUT2D eigenvalue weighted by Gasteiger charge is -2.22. The minimum atomic E-state index is -0.385. The predicted molar refractivity (Wildman–Crippen MR) is 70.7 cm³/mol. The third-order valence-electron chi connectivity index (χ3n) is 3.56. The number of anilines is 1. The monoisotopic (exact) mass is 251 g/mol. The molecule has 0 saturated heterocycles. The van der Waals surface area contributed by atoms with Gasteiger partial charge in [0.2, 0.25) is 0 Å². The molecule has 2 unspecified atom stereocenters. The number of aromatic nitrogens is 2. The highest BCUT2D eigenvalue weighted by Gasteiger charge is 2.22. The molecule has 18 heavy (non-hydrogen) atoms. The van der Waals surface area contributed by atoms with Crippen LogP contribution in [0.1, 0.15) is 39.0 Å². The summed E-state index contributed by atoms with van der Waals surface area (Å²) in [6.07, 6.45) is 7.90. The van der Waals surface area contributed by atoms with E-state index in [-0.39, 0.29) is 17.7 Å². The average molecular weight is 251 g/mol. The molecule has 0 aromatic carbocycles. The smallest absolute Gasteiger partial charge is 0.293 e. The van der Waals surface area contributed by atoms with Gasteiger partial charge >= 0.3 is 0 Å². The lowest BCUT2D eigenvalue weighted by molar-refractivity contribution is 0.144. The summed E-state index contributed by atoms with van der Waals surface area (Å²) in [6, 6.07) is -0.0552. The number of nitrogens with one attached hydrogen (secondary N) is 1. The van der Waals surface area contributed by atoms with Gasteiger partial charge in [0, 0.05) is 18.9 Å². The van der Waals surface area contributed by atoms with Gasteiger partial charge in [-0.05, 0) is 19.8 Å². The topological polar surface area (TPSA) is 67.2 Å². The van der Waals surface area contributed by atoms with Gasteiger partial charge in [0.05, 0.1) is 12.1 Å². The van der Waals surface area contributed by atoms with Crippen molar-refractivity contribution in [2.75, 3.05) is 5.32 Å². The summed E-state index contributed by atoms with van der Waals surface area (Å²) in [5.74, 6) is 0.352. The second kappa shape index (κ2) is 6.00. The zero-order chi connectivity index (χ0) is 13.0. The number of hydrogen-bond donors (Lipinski definition) is 2. The molecule has 1 aliphatic rings. The van der Waals surface area contributed by atoms with Gasteiger partial charge in [-0.15, -0.1) is 0 Å². The van der Waals surface area contributed by atoms with E-state index >= 15 is 0 Å². The van der Waals surface area contributed by atoms with Gasteiger partial charge in [-0.3, -0.25) is 4.79 Å². The molecular weight excluding hydrogens is 230 g/mol. The molecule has 0 radical (unpaired) electrons. The number of rotatable bonds is 3. The molecule has 0 bridgehead atoms. The summed E-state index contributed by atoms with van der Waals surface area (Å²) in [7, 11) is 0. The van der Waals surface area contributed by atoms with Crippen LogP contribution in [0, 0.1) is 0 Å². The fourth-order valence-electron chi connectivity index (χ4n) is 2.43. The number of hydrogen-bond acceptors (Lipinski definition) is 4. The van der Waals surface area contributed by atoms with E-state index in [9.17, 15) is 9.90 Å². The fraction of sp³-hybridized carbons (Fsp3) is 0.692. The highest BCUT2D eigenvalue weighted by atomic mass is 16.3. The van der Waals surface area contributed by atoms with E-state index in [1.54, 1.807) is 17.0 Å². The second-order valence-corrected chi connectivity index (χ2v) is 4.82. The van der Waals surface area contributed by atoms with Crippen molar-refractivity contribution in [2.45, 2.75) is 57.7 Å². The molecule has 5 nitrogen and oxygen atoms in total. The fourth-order valence-corrected chi connectivity index (χ4v) is 2.43. The molecule has 1 heterocycles. The third kappa shape index (κ3) is 2.90. The van der Waals surface area contributed by atoms with Crippen LogP contribution < -0.4 is 10.9 Å². The summed E-state index contributed by atoms with van der Waals surface area (Å²) in [5, 5.41) is 13.1. The van der Waals surface area contributed by atoms with Crippen LogP contribution >= 0.6 is 0 Å². The summed E-state index contributed by atoms with van der Waals surface area (Å²) in [6.45, 7) is 2.55. The lowest BCUT2D eigenvalue weighted by Crippen LogP contribution is -2.36. The van der Waals surface area contributed by atoms with Crippen molar-refractivity contribution in [3.8, 4) is 0 Å². The molecule has 0 spiro atoms. The second-order valence-electron chi connectivity index (χ2n) is 4.82. The quantitative estimate of drug-likeness (QED) is 0.796. The molecule has 1 aliphatic carbocycles. The van der Waals surface area contributed by atoms with Gasteiger partial charge in [0.15, 0.2) is 5.82 Å². The zero-order valence-corrected chi connectivity index (χ0v) is 10.8. The SMILES string of the molecule is CCn1ccnc(NC2CCCCCC2O)c1=O. The van der Waals surface area contributed by atoms with Gasteiger partial charge in [0.25, 0.3) is 5.56 Å². The Balaban J connectivity index is 2.15. The normalized spacial score (nSPS) is 24.6. The molecule has 2 N–H and O–H groups in total. The third-order valence-corrected chi connectivity index (χ3v) is 3.56. The van der Waals surface area contributed by atoms with E-state index < -0.39 is 0 Å². The molecule has 5 heteroatoms. The van der Waals surface area contributed by atoms with Crippen LogP contribution in [0.25, 0.3) is 0 Å². The minimum Gasteiger partial charge on any atom is -0.391 e. The van der Waals surface area contributed by atoms with Crippen molar-refractivity contribution >= 4 is 5.82 Å². The van der Waals surface area contributed by atoms with Crippen molar-refractivity contribution in [2.24, 2.45) is 0 Å². The molecular formula is C13H21N3O2. The molecule has 1 aromatic heterocycles. The first-order chi connectivity index (χ1) is 8.72. The summed E-state index contributed by atoms with van der Waals surface area (Å²) >= 11 is 0. The van der Waals surface area contributed by atoms with Gasteiger partial charge in [-0.25, -0.2) is 4.98 Å². The van der Waals surface area contributed by atoms with Crippen LogP contribution in [0.2, 0.25) is 0 Å². The van der Waals surface area contributed by atoms with E-state index in [1.165, 1.54) is 0 Å². The van der Waals surface area contributed by atoms with Gasteiger partial charge in [-0.2, -0.15) is 0 Å². The lowest BCUT2D eigenvalue weighted by atomic mass is 10.1. The van der Waals surface area contributed by atoms with Gasteiger partial charge in [-0.1, -0.05) is 19.3 Å². The molecule has 1 saturated carbocycles. The summed E-state index contributed by atoms with van der Waals surface area (Å²) in [4.78, 5) is 16.1. The van der Waals surface area contributed by atoms with Crippen LogP contribution in [-0.2, 0) is 6.54 Å². The van der Waals surface area contributed by atoms with Crippen LogP contribution in [0.4, 0.5) is 5.82 Å². The number of aliphatic hydroxyl groups is 1. The van der Waals surface area contributed by atoms with Gasteiger partial charge < -0.3 is 15.0 Å². The molecule has 100 valence electrons. The molecule has 2 atom stereocenters. The number of nitrogens with zero attached hydrogens (tertiary/aromatic N) is 2. The van der Waals surface area contributed by atoms with E-state index in [0.717, 1.165) is 32.1 Å². The Morgan fingerprint density at radius 1 is 1.44 bits per heavy atom. The Morgan fingerprint density at radius 2 is 2.22 bits per heavy atom. The highest BCUT2D eigenvalue weighted by molar-refractivity contribution is 5.32. The van der Waals surface area contributed by atoms with Crippen molar-refractivity contribution in [3.63, 3.8) is 0 Å². The van der Waals surface area contributed by atoms with E-state index in [2.05, 4.69) is 10.3 Å². The number of aliphatic hydroxyl groups excluding tert-OH is 1. The zero-order valence-electron chi connectivity index (χ0n) is 10.8. The van der Waals surface area contributed by atoms with Crippen molar-refractivity contribution < 1.29 is 5.11 Å². The van der Waals surface area contributed by atoms with E-state index in [4.69, 9.17) is 0 Å².